The van der Waals surface area contributed by atoms with Crippen LogP contribution in [0.3, 0.4) is 0 Å². The Morgan fingerprint density at radius 3 is 2.38 bits per heavy atom. The Hall–Kier alpha value is 0.120. The van der Waals surface area contributed by atoms with Crippen LogP contribution in [0.25, 0.3) is 0 Å². The first-order valence-electron chi connectivity index (χ1n) is 2.32. The van der Waals surface area contributed by atoms with Gasteiger partial charge in [0.25, 0.3) is 0 Å². The zero-order valence-electron chi connectivity index (χ0n) is 5.07. The van der Waals surface area contributed by atoms with Crippen molar-refractivity contribution >= 4 is 23.4 Å². The fraction of sp³-hybridized carbons (Fsp3) is 0.333. The highest BCUT2D eigenvalue weighted by Gasteiger charge is 1.88. The zero-order valence-corrected chi connectivity index (χ0v) is 6.64. The van der Waals surface area contributed by atoms with E-state index in [1.807, 2.05) is 19.9 Å². The zero-order chi connectivity index (χ0) is 6.57. The van der Waals surface area contributed by atoms with Crippen LogP contribution in [0, 0.1) is 0 Å². The third kappa shape index (κ3) is 4.28. The maximum atomic E-state index is 5.62. The fourth-order valence-electron chi connectivity index (χ4n) is 0.225. The van der Waals surface area contributed by atoms with Gasteiger partial charge < -0.3 is 0 Å². The maximum Gasteiger partial charge on any atom is 0.0736 e. The fourth-order valence-corrected chi connectivity index (χ4v) is 1.07. The number of thioether (sulfide) groups is 1. The summed E-state index contributed by atoms with van der Waals surface area (Å²) in [4.78, 5) is 1.02. The van der Waals surface area contributed by atoms with Crippen LogP contribution in [0.15, 0.2) is 21.9 Å². The van der Waals surface area contributed by atoms with Gasteiger partial charge in [-0.1, -0.05) is 36.0 Å². The molecule has 0 aromatic heterocycles. The van der Waals surface area contributed by atoms with Crippen LogP contribution in [0.4, 0.5) is 0 Å². The molecule has 0 bridgehead atoms. The molecule has 8 heavy (non-hydrogen) atoms. The molecule has 0 amide bonds. The Kier molecular flexibility index (Phi) is 4.11. The van der Waals surface area contributed by atoms with Gasteiger partial charge >= 0.3 is 0 Å². The first kappa shape index (κ1) is 8.12. The van der Waals surface area contributed by atoms with Crippen molar-refractivity contribution in [2.75, 3.05) is 0 Å². The van der Waals surface area contributed by atoms with Crippen LogP contribution in [0.5, 0.6) is 0 Å². The third-order valence-electron chi connectivity index (χ3n) is 0.499. The molecular formula is C6H9ClS. The lowest BCUT2D eigenvalue weighted by molar-refractivity contribution is 1.72. The second-order valence-corrected chi connectivity index (χ2v) is 3.37. The summed E-state index contributed by atoms with van der Waals surface area (Å²) in [7, 11) is 0. The van der Waals surface area contributed by atoms with Crippen LogP contribution in [-0.4, -0.2) is 0 Å². The van der Waals surface area contributed by atoms with Crippen molar-refractivity contribution in [2.45, 2.75) is 13.8 Å². The van der Waals surface area contributed by atoms with Crippen molar-refractivity contribution < 1.29 is 0 Å². The van der Waals surface area contributed by atoms with Crippen LogP contribution in [-0.2, 0) is 0 Å². The van der Waals surface area contributed by atoms with E-state index in [0.29, 0.717) is 0 Å². The van der Waals surface area contributed by atoms with Crippen LogP contribution < -0.4 is 0 Å². The molecule has 2 heteroatoms. The minimum absolute atomic E-state index is 0.789. The van der Waals surface area contributed by atoms with Gasteiger partial charge in [-0.05, 0) is 18.8 Å². The predicted molar refractivity (Wildman–Crippen MR) is 42.0 cm³/mol. The van der Waals surface area contributed by atoms with E-state index < -0.39 is 0 Å². The molecule has 0 aliphatic carbocycles. The van der Waals surface area contributed by atoms with E-state index in [2.05, 4.69) is 6.58 Å². The number of allylic oxidation sites excluding steroid dienone is 2. The summed E-state index contributed by atoms with van der Waals surface area (Å²) in [6, 6.07) is 0. The first-order valence-corrected chi connectivity index (χ1v) is 3.51. The van der Waals surface area contributed by atoms with Gasteiger partial charge in [-0.3, -0.25) is 0 Å². The molecule has 0 unspecified atom stereocenters. The Morgan fingerprint density at radius 1 is 1.75 bits per heavy atom. The van der Waals surface area contributed by atoms with Crippen molar-refractivity contribution in [1.82, 2.24) is 0 Å². The normalized spacial score (nSPS) is 11.6. The Bertz CT molecular complexity index is 116. The van der Waals surface area contributed by atoms with Crippen molar-refractivity contribution in [3.63, 3.8) is 0 Å². The molecule has 0 fully saturated rings. The largest absolute Gasteiger partial charge is 0.0894 e. The van der Waals surface area contributed by atoms with E-state index in [9.17, 15) is 0 Å². The molecule has 0 aromatic rings. The molecule has 0 radical (unpaired) electrons. The van der Waals surface area contributed by atoms with Crippen LogP contribution in [0.1, 0.15) is 13.8 Å². The van der Waals surface area contributed by atoms with Gasteiger partial charge in [-0.15, -0.1) is 0 Å². The smallest absolute Gasteiger partial charge is 0.0736 e. The Labute approximate surface area is 59.6 Å². The molecule has 0 atom stereocenters. The lowest BCUT2D eigenvalue weighted by atomic mass is 10.8. The summed E-state index contributed by atoms with van der Waals surface area (Å²) in [6.45, 7) is 7.51. The van der Waals surface area contributed by atoms with E-state index in [4.69, 9.17) is 11.6 Å². The monoisotopic (exact) mass is 148 g/mol. The van der Waals surface area contributed by atoms with Crippen molar-refractivity contribution in [2.24, 2.45) is 0 Å². The van der Waals surface area contributed by atoms with Crippen LogP contribution in [0.2, 0.25) is 0 Å². The van der Waals surface area contributed by atoms with Crippen molar-refractivity contribution in [3.05, 3.63) is 21.9 Å². The number of halogens is 1. The molecular weight excluding hydrogens is 140 g/mol. The highest BCUT2D eigenvalue weighted by Crippen LogP contribution is 2.25. The molecule has 0 heterocycles. The van der Waals surface area contributed by atoms with Gasteiger partial charge in [0, 0.05) is 0 Å². The summed E-state index contributed by atoms with van der Waals surface area (Å²) < 4.78 is 0.789. The number of rotatable bonds is 2. The SMILES string of the molecule is C=C(C)S/C(Cl)=C\C. The maximum absolute atomic E-state index is 5.62. The van der Waals surface area contributed by atoms with Gasteiger partial charge in [0.1, 0.15) is 0 Å². The average molecular weight is 149 g/mol. The molecule has 0 rings (SSSR count). The van der Waals surface area contributed by atoms with Crippen LogP contribution >= 0.6 is 23.4 Å². The lowest BCUT2D eigenvalue weighted by Gasteiger charge is -1.92. The molecule has 0 N–H and O–H groups in total. The number of hydrogen-bond acceptors (Lipinski definition) is 1. The summed E-state index contributed by atoms with van der Waals surface area (Å²) in [5.74, 6) is 0. The van der Waals surface area contributed by atoms with E-state index in [1.165, 1.54) is 11.8 Å². The minimum Gasteiger partial charge on any atom is -0.0894 e. The van der Waals surface area contributed by atoms with Gasteiger partial charge in [0.05, 0.1) is 4.36 Å². The molecule has 0 spiro atoms. The van der Waals surface area contributed by atoms with E-state index >= 15 is 0 Å². The highest BCUT2D eigenvalue weighted by molar-refractivity contribution is 8.08. The molecule has 46 valence electrons. The van der Waals surface area contributed by atoms with E-state index in [1.54, 1.807) is 0 Å². The molecule has 0 aromatic carbocycles. The van der Waals surface area contributed by atoms with E-state index in [-0.39, 0.29) is 0 Å². The van der Waals surface area contributed by atoms with Crippen molar-refractivity contribution in [1.29, 1.82) is 0 Å². The van der Waals surface area contributed by atoms with Gasteiger partial charge in [0.15, 0.2) is 0 Å². The quantitative estimate of drug-likeness (QED) is 0.579. The van der Waals surface area contributed by atoms with Gasteiger partial charge in [0.2, 0.25) is 0 Å². The predicted octanol–water partition coefficient (Wildman–Crippen LogP) is 3.35. The van der Waals surface area contributed by atoms with Gasteiger partial charge in [-0.2, -0.15) is 0 Å². The third-order valence-corrected chi connectivity index (χ3v) is 1.73. The summed E-state index contributed by atoms with van der Waals surface area (Å²) >= 11 is 7.11. The van der Waals surface area contributed by atoms with Gasteiger partial charge in [-0.25, -0.2) is 0 Å². The molecule has 0 saturated heterocycles. The van der Waals surface area contributed by atoms with Crippen molar-refractivity contribution in [3.8, 4) is 0 Å². The highest BCUT2D eigenvalue weighted by atomic mass is 35.5. The Morgan fingerprint density at radius 2 is 2.25 bits per heavy atom. The second-order valence-electron chi connectivity index (χ2n) is 1.40. The standard InChI is InChI=1S/C6H9ClS/c1-4-6(7)8-5(2)3/h4H,2H2,1,3H3/b6-4-. The second kappa shape index (κ2) is 4.04. The molecule has 0 nitrogen and oxygen atoms in total. The average Bonchev–Trinajstić information content (AvgIpc) is 1.65. The lowest BCUT2D eigenvalue weighted by Crippen LogP contribution is -1.60. The van der Waals surface area contributed by atoms with E-state index in [0.717, 1.165) is 9.27 Å². The Balaban J connectivity index is 3.56. The first-order chi connectivity index (χ1) is 3.66. The summed E-state index contributed by atoms with van der Waals surface area (Å²) in [6.07, 6.45) is 1.85. The number of hydrogen-bond donors (Lipinski definition) is 0. The molecule has 0 aliphatic heterocycles. The summed E-state index contributed by atoms with van der Waals surface area (Å²) in [5, 5.41) is 0. The molecule has 0 saturated carbocycles. The minimum atomic E-state index is 0.789. The summed E-state index contributed by atoms with van der Waals surface area (Å²) in [5.41, 5.74) is 0. The molecule has 0 aliphatic rings. The topological polar surface area (TPSA) is 0 Å².